The Bertz CT molecular complexity index is 504. The zero-order valence-electron chi connectivity index (χ0n) is 8.17. The number of carboxylic acid groups (broad SMARTS) is 1. The van der Waals surface area contributed by atoms with Crippen LogP contribution in [0.3, 0.4) is 0 Å². The van der Waals surface area contributed by atoms with E-state index < -0.39 is 5.97 Å². The van der Waals surface area contributed by atoms with E-state index >= 15 is 0 Å². The third-order valence-electron chi connectivity index (χ3n) is 2.19. The van der Waals surface area contributed by atoms with Gasteiger partial charge in [0.05, 0.1) is 23.9 Å². The molecule has 2 rings (SSSR count). The molecule has 0 aliphatic rings. The zero-order chi connectivity index (χ0) is 10.8. The average Bonchev–Trinajstić information content (AvgIpc) is 2.66. The van der Waals surface area contributed by atoms with Crippen molar-refractivity contribution in [3.63, 3.8) is 0 Å². The summed E-state index contributed by atoms with van der Waals surface area (Å²) in [4.78, 5) is 11.0. The van der Waals surface area contributed by atoms with Crippen LogP contribution in [-0.4, -0.2) is 27.8 Å². The van der Waals surface area contributed by atoms with Crippen molar-refractivity contribution in [1.82, 2.24) is 9.61 Å². The summed E-state index contributed by atoms with van der Waals surface area (Å²) in [7, 11) is 1.53. The Morgan fingerprint density at radius 3 is 3.13 bits per heavy atom. The molecule has 0 aliphatic carbocycles. The van der Waals surface area contributed by atoms with Gasteiger partial charge in [-0.25, -0.2) is 9.31 Å². The molecule has 2 heterocycles. The van der Waals surface area contributed by atoms with Gasteiger partial charge in [0.15, 0.2) is 0 Å². The highest BCUT2D eigenvalue weighted by molar-refractivity contribution is 5.91. The molecule has 2 aromatic heterocycles. The summed E-state index contributed by atoms with van der Waals surface area (Å²) in [5.74, 6) is -0.988. The Morgan fingerprint density at radius 1 is 1.67 bits per heavy atom. The fraction of sp³-hybridized carbons (Fsp3) is 0.200. The first-order valence-electron chi connectivity index (χ1n) is 4.41. The monoisotopic (exact) mass is 206 g/mol. The molecule has 0 fully saturated rings. The van der Waals surface area contributed by atoms with Crippen molar-refractivity contribution in [3.8, 4) is 0 Å². The molecule has 0 unspecified atom stereocenters. The highest BCUT2D eigenvalue weighted by atomic mass is 16.5. The molecular formula is C10H10N2O3. The minimum absolute atomic E-state index is 0.183. The number of fused-ring (bicyclic) bond motifs is 1. The Hall–Kier alpha value is -1.88. The van der Waals surface area contributed by atoms with E-state index in [2.05, 4.69) is 5.10 Å². The molecule has 1 N–H and O–H groups in total. The predicted octanol–water partition coefficient (Wildman–Crippen LogP) is 1.18. The van der Waals surface area contributed by atoms with Gasteiger partial charge in [0.2, 0.25) is 0 Å². The third-order valence-corrected chi connectivity index (χ3v) is 2.19. The highest BCUT2D eigenvalue weighted by Crippen LogP contribution is 2.16. The number of nitrogens with zero attached hydrogens (tertiary/aromatic N) is 2. The van der Waals surface area contributed by atoms with Crippen molar-refractivity contribution in [2.45, 2.75) is 6.61 Å². The number of carbonyl (C=O) groups is 1. The Labute approximate surface area is 85.9 Å². The molecule has 0 atom stereocenters. The number of carboxylic acids is 1. The summed E-state index contributed by atoms with van der Waals surface area (Å²) in [5, 5.41) is 13.0. The number of ether oxygens (including phenoxy) is 1. The maximum Gasteiger partial charge on any atom is 0.337 e. The normalized spacial score (nSPS) is 10.7. The number of aromatic nitrogens is 2. The fourth-order valence-electron chi connectivity index (χ4n) is 1.53. The lowest BCUT2D eigenvalue weighted by Gasteiger charge is -2.06. The quantitative estimate of drug-likeness (QED) is 0.818. The number of hydrogen-bond acceptors (Lipinski definition) is 3. The van der Waals surface area contributed by atoms with Gasteiger partial charge in [0.1, 0.15) is 0 Å². The first kappa shape index (κ1) is 9.67. The molecule has 0 aliphatic heterocycles. The maximum atomic E-state index is 11.0. The molecule has 0 spiro atoms. The molecule has 0 aromatic carbocycles. The maximum absolute atomic E-state index is 11.0. The van der Waals surface area contributed by atoms with E-state index in [-0.39, 0.29) is 12.2 Å². The largest absolute Gasteiger partial charge is 0.478 e. The minimum Gasteiger partial charge on any atom is -0.478 e. The third kappa shape index (κ3) is 1.57. The zero-order valence-corrected chi connectivity index (χ0v) is 8.17. The van der Waals surface area contributed by atoms with Crippen molar-refractivity contribution < 1.29 is 14.6 Å². The summed E-state index contributed by atoms with van der Waals surface area (Å²) < 4.78 is 6.62. The molecule has 0 amide bonds. The van der Waals surface area contributed by atoms with Crippen molar-refractivity contribution in [2.75, 3.05) is 7.11 Å². The summed E-state index contributed by atoms with van der Waals surface area (Å²) in [5.41, 5.74) is 1.59. The van der Waals surface area contributed by atoms with Crippen LogP contribution >= 0.6 is 0 Å². The molecule has 0 bridgehead atoms. The lowest BCUT2D eigenvalue weighted by atomic mass is 10.1. The summed E-state index contributed by atoms with van der Waals surface area (Å²) in [6.07, 6.45) is 3.10. The van der Waals surface area contributed by atoms with Crippen LogP contribution in [-0.2, 0) is 11.3 Å². The van der Waals surface area contributed by atoms with Gasteiger partial charge in [-0.05, 0) is 12.1 Å². The Morgan fingerprint density at radius 2 is 2.47 bits per heavy atom. The smallest absolute Gasteiger partial charge is 0.337 e. The van der Waals surface area contributed by atoms with Crippen molar-refractivity contribution in [2.24, 2.45) is 0 Å². The van der Waals surface area contributed by atoms with E-state index in [9.17, 15) is 4.79 Å². The summed E-state index contributed by atoms with van der Waals surface area (Å²) in [6.45, 7) is 0.262. The van der Waals surface area contributed by atoms with E-state index in [4.69, 9.17) is 9.84 Å². The highest BCUT2D eigenvalue weighted by Gasteiger charge is 2.14. The van der Waals surface area contributed by atoms with Gasteiger partial charge >= 0.3 is 5.97 Å². The molecule has 0 saturated carbocycles. The molecule has 78 valence electrons. The molecule has 2 aromatic rings. The van der Waals surface area contributed by atoms with Gasteiger partial charge < -0.3 is 9.84 Å². The van der Waals surface area contributed by atoms with Crippen LogP contribution < -0.4 is 0 Å². The molecule has 5 heteroatoms. The van der Waals surface area contributed by atoms with Gasteiger partial charge in [0, 0.05) is 18.9 Å². The SMILES string of the molecule is COCc1c(C(=O)O)cnn2cccc12. The topological polar surface area (TPSA) is 63.8 Å². The Kier molecular flexibility index (Phi) is 2.39. The standard InChI is InChI=1S/C10H10N2O3/c1-15-6-8-7(10(13)14)5-11-12-4-2-3-9(8)12/h2-5H,6H2,1H3,(H,13,14). The van der Waals surface area contributed by atoms with E-state index in [0.29, 0.717) is 5.56 Å². The second-order valence-corrected chi connectivity index (χ2v) is 3.11. The van der Waals surface area contributed by atoms with Gasteiger partial charge in [-0.15, -0.1) is 0 Å². The van der Waals surface area contributed by atoms with Crippen LogP contribution in [0.1, 0.15) is 15.9 Å². The number of methoxy groups -OCH3 is 1. The van der Waals surface area contributed by atoms with Crippen molar-refractivity contribution in [1.29, 1.82) is 0 Å². The van der Waals surface area contributed by atoms with Crippen LogP contribution in [0.5, 0.6) is 0 Å². The fourth-order valence-corrected chi connectivity index (χ4v) is 1.53. The first-order valence-corrected chi connectivity index (χ1v) is 4.41. The van der Waals surface area contributed by atoms with Crippen molar-refractivity contribution in [3.05, 3.63) is 35.7 Å². The lowest BCUT2D eigenvalue weighted by molar-refractivity contribution is 0.0691. The summed E-state index contributed by atoms with van der Waals surface area (Å²) in [6, 6.07) is 3.63. The molecule has 15 heavy (non-hydrogen) atoms. The second kappa shape index (κ2) is 3.70. The van der Waals surface area contributed by atoms with Gasteiger partial charge in [-0.1, -0.05) is 0 Å². The number of hydrogen-bond donors (Lipinski definition) is 1. The Balaban J connectivity index is 2.69. The average molecular weight is 206 g/mol. The number of rotatable bonds is 3. The van der Waals surface area contributed by atoms with Crippen LogP contribution in [0, 0.1) is 0 Å². The number of aromatic carboxylic acids is 1. The molecular weight excluding hydrogens is 196 g/mol. The van der Waals surface area contributed by atoms with E-state index in [0.717, 1.165) is 5.52 Å². The summed E-state index contributed by atoms with van der Waals surface area (Å²) >= 11 is 0. The first-order chi connectivity index (χ1) is 7.24. The van der Waals surface area contributed by atoms with E-state index in [1.165, 1.54) is 13.3 Å². The van der Waals surface area contributed by atoms with E-state index in [1.54, 1.807) is 10.7 Å². The van der Waals surface area contributed by atoms with Gasteiger partial charge in [-0.2, -0.15) is 5.10 Å². The van der Waals surface area contributed by atoms with Gasteiger partial charge in [-0.3, -0.25) is 0 Å². The van der Waals surface area contributed by atoms with Crippen molar-refractivity contribution >= 4 is 11.5 Å². The minimum atomic E-state index is -0.988. The molecule has 0 saturated heterocycles. The molecule has 5 nitrogen and oxygen atoms in total. The van der Waals surface area contributed by atoms with Crippen LogP contribution in [0.2, 0.25) is 0 Å². The van der Waals surface area contributed by atoms with Gasteiger partial charge in [0.25, 0.3) is 0 Å². The predicted molar refractivity (Wildman–Crippen MR) is 52.9 cm³/mol. The molecule has 0 radical (unpaired) electrons. The van der Waals surface area contributed by atoms with Crippen LogP contribution in [0.25, 0.3) is 5.52 Å². The van der Waals surface area contributed by atoms with E-state index in [1.807, 2.05) is 12.1 Å². The van der Waals surface area contributed by atoms with Crippen LogP contribution in [0.15, 0.2) is 24.5 Å². The van der Waals surface area contributed by atoms with Crippen LogP contribution in [0.4, 0.5) is 0 Å². The second-order valence-electron chi connectivity index (χ2n) is 3.11. The lowest BCUT2D eigenvalue weighted by Crippen LogP contribution is -2.07.